The van der Waals surface area contributed by atoms with Crippen molar-refractivity contribution in [2.24, 2.45) is 5.92 Å². The Labute approximate surface area is 92.7 Å². The molecule has 84 valence electrons. The van der Waals surface area contributed by atoms with Crippen LogP contribution in [-0.2, 0) is 13.1 Å². The van der Waals surface area contributed by atoms with Gasteiger partial charge < -0.3 is 9.88 Å². The summed E-state index contributed by atoms with van der Waals surface area (Å²) in [6, 6.07) is 2.92. The van der Waals surface area contributed by atoms with Crippen molar-refractivity contribution < 1.29 is 0 Å². The van der Waals surface area contributed by atoms with Gasteiger partial charge in [0.25, 0.3) is 0 Å². The first-order valence-corrected chi connectivity index (χ1v) is 6.17. The van der Waals surface area contributed by atoms with Gasteiger partial charge in [0.15, 0.2) is 0 Å². The van der Waals surface area contributed by atoms with E-state index in [-0.39, 0.29) is 0 Å². The van der Waals surface area contributed by atoms with Crippen LogP contribution >= 0.6 is 0 Å². The third kappa shape index (κ3) is 3.10. The molecule has 1 N–H and O–H groups in total. The predicted molar refractivity (Wildman–Crippen MR) is 63.7 cm³/mol. The minimum Gasteiger partial charge on any atom is -0.354 e. The molecule has 1 unspecified atom stereocenters. The Balaban J connectivity index is 1.76. The van der Waals surface area contributed by atoms with Crippen LogP contribution in [0.15, 0.2) is 18.5 Å². The Hall–Kier alpha value is -0.760. The summed E-state index contributed by atoms with van der Waals surface area (Å²) in [6.07, 6.45) is 8.49. The molecule has 1 heterocycles. The summed E-state index contributed by atoms with van der Waals surface area (Å²) in [4.78, 5) is 0. The molecule has 0 radical (unpaired) electrons. The second kappa shape index (κ2) is 4.84. The number of rotatable bonds is 6. The van der Waals surface area contributed by atoms with Gasteiger partial charge in [0.2, 0.25) is 0 Å². The van der Waals surface area contributed by atoms with Crippen molar-refractivity contribution in [2.45, 2.75) is 52.2 Å². The van der Waals surface area contributed by atoms with Gasteiger partial charge in [-0.2, -0.15) is 0 Å². The molecule has 0 spiro atoms. The molecule has 1 aliphatic rings. The third-order valence-corrected chi connectivity index (χ3v) is 3.25. The van der Waals surface area contributed by atoms with Gasteiger partial charge in [-0.05, 0) is 43.7 Å². The smallest absolute Gasteiger partial charge is 0.0223 e. The number of nitrogens with zero attached hydrogens (tertiary/aromatic N) is 1. The first-order valence-electron chi connectivity index (χ1n) is 6.17. The highest BCUT2D eigenvalue weighted by Gasteiger charge is 2.27. The lowest BCUT2D eigenvalue weighted by atomic mass is 10.2. The third-order valence-electron chi connectivity index (χ3n) is 3.25. The fraction of sp³-hybridized carbons (Fsp3) is 0.692. The molecule has 2 rings (SSSR count). The molecular formula is C13H22N2. The molecule has 0 amide bonds. The van der Waals surface area contributed by atoms with Gasteiger partial charge in [-0.25, -0.2) is 0 Å². The van der Waals surface area contributed by atoms with Crippen molar-refractivity contribution in [1.82, 2.24) is 9.88 Å². The topological polar surface area (TPSA) is 17.0 Å². The standard InChI is InChI=1S/C13H22N2/c1-3-7-15-8-6-12(10-15)9-14-11(2)13-4-5-13/h6,8,10-11,13-14H,3-5,7,9H2,1-2H3. The zero-order valence-electron chi connectivity index (χ0n) is 9.87. The lowest BCUT2D eigenvalue weighted by molar-refractivity contribution is 0.496. The summed E-state index contributed by atoms with van der Waals surface area (Å²) in [6.45, 7) is 6.68. The maximum absolute atomic E-state index is 3.60. The quantitative estimate of drug-likeness (QED) is 0.757. The Morgan fingerprint density at radius 2 is 2.33 bits per heavy atom. The van der Waals surface area contributed by atoms with E-state index >= 15 is 0 Å². The van der Waals surface area contributed by atoms with Gasteiger partial charge in [-0.15, -0.1) is 0 Å². The van der Waals surface area contributed by atoms with E-state index in [9.17, 15) is 0 Å². The summed E-state index contributed by atoms with van der Waals surface area (Å²) in [5.41, 5.74) is 1.41. The zero-order chi connectivity index (χ0) is 10.7. The van der Waals surface area contributed by atoms with Gasteiger partial charge in [-0.1, -0.05) is 6.92 Å². The van der Waals surface area contributed by atoms with Crippen LogP contribution in [0.2, 0.25) is 0 Å². The van der Waals surface area contributed by atoms with Gasteiger partial charge in [0, 0.05) is 31.5 Å². The Morgan fingerprint density at radius 1 is 1.53 bits per heavy atom. The van der Waals surface area contributed by atoms with E-state index in [2.05, 4.69) is 42.2 Å². The van der Waals surface area contributed by atoms with E-state index in [1.54, 1.807) is 0 Å². The van der Waals surface area contributed by atoms with Crippen LogP contribution in [0.3, 0.4) is 0 Å². The molecule has 1 atom stereocenters. The van der Waals surface area contributed by atoms with Crippen LogP contribution in [0.5, 0.6) is 0 Å². The number of hydrogen-bond donors (Lipinski definition) is 1. The van der Waals surface area contributed by atoms with Gasteiger partial charge in [0.1, 0.15) is 0 Å². The largest absolute Gasteiger partial charge is 0.354 e. The van der Waals surface area contributed by atoms with Crippen molar-refractivity contribution in [3.8, 4) is 0 Å². The number of aromatic nitrogens is 1. The molecule has 0 bridgehead atoms. The summed E-state index contributed by atoms with van der Waals surface area (Å²) in [5.74, 6) is 0.947. The molecule has 0 aromatic carbocycles. The highest BCUT2D eigenvalue weighted by Crippen LogP contribution is 2.32. The van der Waals surface area contributed by atoms with Gasteiger partial charge in [-0.3, -0.25) is 0 Å². The highest BCUT2D eigenvalue weighted by molar-refractivity contribution is 5.10. The van der Waals surface area contributed by atoms with Crippen LogP contribution in [0.4, 0.5) is 0 Å². The van der Waals surface area contributed by atoms with Crippen molar-refractivity contribution in [3.05, 3.63) is 24.0 Å². The van der Waals surface area contributed by atoms with E-state index < -0.39 is 0 Å². The molecule has 1 aromatic rings. The lowest BCUT2D eigenvalue weighted by Gasteiger charge is -2.11. The first kappa shape index (κ1) is 10.7. The van der Waals surface area contributed by atoms with E-state index in [4.69, 9.17) is 0 Å². The van der Waals surface area contributed by atoms with Gasteiger partial charge in [0.05, 0.1) is 0 Å². The summed E-state index contributed by atoms with van der Waals surface area (Å²) >= 11 is 0. The second-order valence-electron chi connectivity index (χ2n) is 4.76. The fourth-order valence-electron chi connectivity index (χ4n) is 2.03. The minimum absolute atomic E-state index is 0.694. The Bertz CT molecular complexity index is 299. The van der Waals surface area contributed by atoms with Crippen molar-refractivity contribution in [1.29, 1.82) is 0 Å². The van der Waals surface area contributed by atoms with Crippen LogP contribution in [0, 0.1) is 5.92 Å². The van der Waals surface area contributed by atoms with E-state index in [0.717, 1.165) is 19.0 Å². The SMILES string of the molecule is CCCn1ccc(CNC(C)C2CC2)c1. The lowest BCUT2D eigenvalue weighted by Crippen LogP contribution is -2.27. The Kier molecular flexibility index (Phi) is 3.47. The number of hydrogen-bond acceptors (Lipinski definition) is 1. The molecule has 1 fully saturated rings. The molecule has 2 nitrogen and oxygen atoms in total. The molecule has 1 aromatic heterocycles. The minimum atomic E-state index is 0.694. The zero-order valence-corrected chi connectivity index (χ0v) is 9.87. The van der Waals surface area contributed by atoms with Gasteiger partial charge >= 0.3 is 0 Å². The molecular weight excluding hydrogens is 184 g/mol. The summed E-state index contributed by atoms with van der Waals surface area (Å²) in [7, 11) is 0. The molecule has 1 aliphatic carbocycles. The van der Waals surface area contributed by atoms with Crippen LogP contribution in [-0.4, -0.2) is 10.6 Å². The van der Waals surface area contributed by atoms with Crippen molar-refractivity contribution >= 4 is 0 Å². The molecule has 0 saturated heterocycles. The van der Waals surface area contributed by atoms with Crippen molar-refractivity contribution in [2.75, 3.05) is 0 Å². The molecule has 15 heavy (non-hydrogen) atoms. The fourth-order valence-corrected chi connectivity index (χ4v) is 2.03. The van der Waals surface area contributed by atoms with Crippen LogP contribution < -0.4 is 5.32 Å². The summed E-state index contributed by atoms with van der Waals surface area (Å²) in [5, 5.41) is 3.60. The predicted octanol–water partition coefficient (Wildman–Crippen LogP) is 2.79. The summed E-state index contributed by atoms with van der Waals surface area (Å²) < 4.78 is 2.28. The average Bonchev–Trinajstić information content (AvgIpc) is 2.98. The Morgan fingerprint density at radius 3 is 3.00 bits per heavy atom. The van der Waals surface area contributed by atoms with E-state index in [0.29, 0.717) is 6.04 Å². The number of nitrogens with one attached hydrogen (secondary N) is 1. The second-order valence-corrected chi connectivity index (χ2v) is 4.76. The van der Waals surface area contributed by atoms with Crippen LogP contribution in [0.1, 0.15) is 38.7 Å². The molecule has 1 saturated carbocycles. The average molecular weight is 206 g/mol. The normalized spacial score (nSPS) is 18.0. The van der Waals surface area contributed by atoms with E-state index in [1.807, 2.05) is 0 Å². The maximum atomic E-state index is 3.60. The first-order chi connectivity index (χ1) is 7.29. The molecule has 2 heteroatoms. The van der Waals surface area contributed by atoms with E-state index in [1.165, 1.54) is 24.8 Å². The monoisotopic (exact) mass is 206 g/mol. The highest BCUT2D eigenvalue weighted by atomic mass is 15.0. The van der Waals surface area contributed by atoms with Crippen molar-refractivity contribution in [3.63, 3.8) is 0 Å². The maximum Gasteiger partial charge on any atom is 0.0223 e. The number of aryl methyl sites for hydroxylation is 1. The van der Waals surface area contributed by atoms with Crippen LogP contribution in [0.25, 0.3) is 0 Å². The molecule has 0 aliphatic heterocycles.